The molecule has 11 rings (SSSR count). The summed E-state index contributed by atoms with van der Waals surface area (Å²) in [5.74, 6) is 2.11. The molecule has 4 heterocycles. The molecule has 0 atom stereocenters. The van der Waals surface area contributed by atoms with Gasteiger partial charge in [-0.3, -0.25) is 4.57 Å². The maximum absolute atomic E-state index is 7.49. The minimum atomic E-state index is 0.484. The largest absolute Gasteiger partial charge is 0.434 e. The molecule has 256 valence electrons. The minimum Gasteiger partial charge on any atom is -0.434 e. The number of fused-ring (bicyclic) bond motifs is 8. The lowest BCUT2D eigenvalue weighted by Gasteiger charge is -2.13. The van der Waals surface area contributed by atoms with Crippen LogP contribution in [0.15, 0.2) is 168 Å². The van der Waals surface area contributed by atoms with E-state index in [1.165, 1.54) is 0 Å². The Kier molecular flexibility index (Phi) is 6.75. The number of aromatic nitrogens is 6. The van der Waals surface area contributed by atoms with Crippen LogP contribution in [0.5, 0.6) is 0 Å². The van der Waals surface area contributed by atoms with Gasteiger partial charge in [0.05, 0.1) is 34.3 Å². The van der Waals surface area contributed by atoms with Gasteiger partial charge in [0.25, 0.3) is 0 Å². The number of benzene rings is 7. The van der Waals surface area contributed by atoms with Crippen LogP contribution >= 0.6 is 0 Å². The molecule has 8 heteroatoms. The second-order valence-corrected chi connectivity index (χ2v) is 13.4. The number of rotatable bonds is 5. The second-order valence-electron chi connectivity index (χ2n) is 13.4. The molecular weight excluding hydrogens is 679 g/mol. The van der Waals surface area contributed by atoms with Crippen molar-refractivity contribution in [1.29, 1.82) is 0 Å². The Morgan fingerprint density at radius 2 is 1.02 bits per heavy atom. The molecule has 0 saturated carbocycles. The lowest BCUT2D eigenvalue weighted by atomic mass is 10.1. The standard InChI is InChI=1S/C47H27N7O/c1-48-32-25-23-30(24-26-32)45-50-44(29-13-4-2-5-14-29)51-47(52-45)54-39-21-11-9-18-34(39)36-28-27-35-33-17-8-10-20-38(33)53(41(35)42(36)54)40-22-12-19-37-43(40)55-46(49-37)31-15-6-3-7-16-31/h2-28H. The third kappa shape index (κ3) is 4.77. The van der Waals surface area contributed by atoms with Gasteiger partial charge in [0, 0.05) is 38.2 Å². The molecule has 8 nitrogen and oxygen atoms in total. The van der Waals surface area contributed by atoms with Crippen molar-refractivity contribution in [2.75, 3.05) is 0 Å². The number of para-hydroxylation sites is 3. The van der Waals surface area contributed by atoms with Gasteiger partial charge in [-0.05, 0) is 36.4 Å². The molecule has 0 fully saturated rings. The molecule has 11 aromatic rings. The van der Waals surface area contributed by atoms with E-state index in [1.54, 1.807) is 12.1 Å². The van der Waals surface area contributed by atoms with Gasteiger partial charge in [-0.1, -0.05) is 127 Å². The molecule has 0 bridgehead atoms. The second kappa shape index (κ2) is 12.1. The van der Waals surface area contributed by atoms with Crippen LogP contribution in [-0.4, -0.2) is 29.1 Å². The van der Waals surface area contributed by atoms with Gasteiger partial charge >= 0.3 is 0 Å². The Morgan fingerprint density at radius 3 is 1.67 bits per heavy atom. The first-order valence-corrected chi connectivity index (χ1v) is 17.9. The summed E-state index contributed by atoms with van der Waals surface area (Å²) in [5.41, 5.74) is 9.42. The van der Waals surface area contributed by atoms with Gasteiger partial charge in [0.15, 0.2) is 22.9 Å². The first kappa shape index (κ1) is 30.7. The topological polar surface area (TPSA) is 78.9 Å². The van der Waals surface area contributed by atoms with Crippen LogP contribution in [0.4, 0.5) is 5.69 Å². The Morgan fingerprint density at radius 1 is 0.455 bits per heavy atom. The monoisotopic (exact) mass is 705 g/mol. The van der Waals surface area contributed by atoms with Gasteiger partial charge in [-0.2, -0.15) is 9.97 Å². The zero-order valence-corrected chi connectivity index (χ0v) is 29.1. The van der Waals surface area contributed by atoms with Crippen LogP contribution in [0.1, 0.15) is 0 Å². The van der Waals surface area contributed by atoms with Crippen molar-refractivity contribution in [3.05, 3.63) is 175 Å². The maximum Gasteiger partial charge on any atom is 0.238 e. The summed E-state index contributed by atoms with van der Waals surface area (Å²) in [7, 11) is 0. The molecule has 0 aliphatic carbocycles. The Bertz CT molecular complexity index is 3320. The van der Waals surface area contributed by atoms with E-state index in [0.29, 0.717) is 34.8 Å². The zero-order valence-electron chi connectivity index (χ0n) is 29.1. The molecular formula is C47H27N7O. The Hall–Kier alpha value is -7.89. The molecule has 0 aliphatic rings. The fourth-order valence-corrected chi connectivity index (χ4v) is 7.77. The highest BCUT2D eigenvalue weighted by Gasteiger charge is 2.25. The van der Waals surface area contributed by atoms with Crippen molar-refractivity contribution >= 4 is 60.4 Å². The molecule has 0 spiro atoms. The first-order chi connectivity index (χ1) is 27.2. The van der Waals surface area contributed by atoms with E-state index >= 15 is 0 Å². The maximum atomic E-state index is 7.49. The van der Waals surface area contributed by atoms with E-state index in [9.17, 15) is 0 Å². The predicted molar refractivity (Wildman–Crippen MR) is 219 cm³/mol. The highest BCUT2D eigenvalue weighted by Crippen LogP contribution is 2.43. The van der Waals surface area contributed by atoms with Gasteiger partial charge in [0.1, 0.15) is 5.52 Å². The Labute approximate surface area is 314 Å². The average Bonchev–Trinajstić information content (AvgIpc) is 3.95. The third-order valence-corrected chi connectivity index (χ3v) is 10.2. The van der Waals surface area contributed by atoms with E-state index in [4.69, 9.17) is 30.9 Å². The molecule has 0 amide bonds. The smallest absolute Gasteiger partial charge is 0.238 e. The van der Waals surface area contributed by atoms with Crippen LogP contribution in [-0.2, 0) is 0 Å². The minimum absolute atomic E-state index is 0.484. The summed E-state index contributed by atoms with van der Waals surface area (Å²) >= 11 is 0. The highest BCUT2D eigenvalue weighted by atomic mass is 16.3. The molecule has 0 saturated heterocycles. The van der Waals surface area contributed by atoms with Crippen molar-refractivity contribution in [2.24, 2.45) is 0 Å². The summed E-state index contributed by atoms with van der Waals surface area (Å²) in [5, 5.41) is 4.33. The number of nitrogens with zero attached hydrogens (tertiary/aromatic N) is 7. The molecule has 0 aliphatic heterocycles. The Balaban J connectivity index is 1.28. The number of oxazole rings is 1. The summed E-state index contributed by atoms with van der Waals surface area (Å²) in [6, 6.07) is 54.8. The first-order valence-electron chi connectivity index (χ1n) is 17.9. The van der Waals surface area contributed by atoms with Crippen LogP contribution in [0, 0.1) is 6.57 Å². The SMILES string of the molecule is [C-]#[N+]c1ccc(-c2nc(-c3ccccc3)nc(-n3c4ccccc4c4ccc5c6ccccc6n(-c6cccc7nc(-c8ccccc8)oc67)c5c43)n2)cc1. The normalized spacial score (nSPS) is 11.6. The summed E-state index contributed by atoms with van der Waals surface area (Å²) in [6.45, 7) is 7.49. The van der Waals surface area contributed by atoms with E-state index in [1.807, 2.05) is 91.0 Å². The average molecular weight is 706 g/mol. The van der Waals surface area contributed by atoms with E-state index in [2.05, 4.69) is 74.6 Å². The molecule has 0 N–H and O–H groups in total. The van der Waals surface area contributed by atoms with Gasteiger partial charge in [-0.15, -0.1) is 0 Å². The number of hydrogen-bond acceptors (Lipinski definition) is 5. The summed E-state index contributed by atoms with van der Waals surface area (Å²) in [6.07, 6.45) is 0. The summed E-state index contributed by atoms with van der Waals surface area (Å²) < 4.78 is 11.1. The van der Waals surface area contributed by atoms with E-state index < -0.39 is 0 Å². The van der Waals surface area contributed by atoms with Gasteiger partial charge in [-0.25, -0.2) is 14.8 Å². The fourth-order valence-electron chi connectivity index (χ4n) is 7.77. The highest BCUT2D eigenvalue weighted by molar-refractivity contribution is 6.24. The van der Waals surface area contributed by atoms with Crippen molar-refractivity contribution in [3.8, 4) is 45.9 Å². The van der Waals surface area contributed by atoms with Gasteiger partial charge < -0.3 is 8.98 Å². The van der Waals surface area contributed by atoms with Crippen LogP contribution in [0.25, 0.3) is 105 Å². The predicted octanol–water partition coefficient (Wildman–Crippen LogP) is 11.8. The molecule has 0 unspecified atom stereocenters. The molecule has 55 heavy (non-hydrogen) atoms. The van der Waals surface area contributed by atoms with Crippen LogP contribution in [0.2, 0.25) is 0 Å². The molecule has 7 aromatic carbocycles. The van der Waals surface area contributed by atoms with Crippen molar-refractivity contribution < 1.29 is 4.42 Å². The number of hydrogen-bond donors (Lipinski definition) is 0. The van der Waals surface area contributed by atoms with Gasteiger partial charge in [0.2, 0.25) is 11.8 Å². The van der Waals surface area contributed by atoms with E-state index in [0.717, 1.165) is 71.5 Å². The lowest BCUT2D eigenvalue weighted by Crippen LogP contribution is -2.07. The molecule has 4 aromatic heterocycles. The fraction of sp³-hybridized carbons (Fsp3) is 0. The van der Waals surface area contributed by atoms with Crippen molar-refractivity contribution in [1.82, 2.24) is 29.1 Å². The summed E-state index contributed by atoms with van der Waals surface area (Å²) in [4.78, 5) is 23.9. The van der Waals surface area contributed by atoms with Crippen molar-refractivity contribution in [3.63, 3.8) is 0 Å². The molecule has 0 radical (unpaired) electrons. The lowest BCUT2D eigenvalue weighted by molar-refractivity contribution is 0.618. The quantitative estimate of drug-likeness (QED) is 0.167. The van der Waals surface area contributed by atoms with Crippen LogP contribution < -0.4 is 0 Å². The zero-order chi connectivity index (χ0) is 36.5. The van der Waals surface area contributed by atoms with E-state index in [-0.39, 0.29) is 0 Å². The third-order valence-electron chi connectivity index (χ3n) is 10.2. The van der Waals surface area contributed by atoms with Crippen molar-refractivity contribution in [2.45, 2.75) is 0 Å². The van der Waals surface area contributed by atoms with Crippen LogP contribution in [0.3, 0.4) is 0 Å².